The number of aryl methyl sites for hydroxylation is 1. The molecule has 4 aromatic rings. The van der Waals surface area contributed by atoms with E-state index in [2.05, 4.69) is 20.7 Å². The molecule has 4 heterocycles. The molecule has 0 saturated carbocycles. The number of rotatable bonds is 7. The summed E-state index contributed by atoms with van der Waals surface area (Å²) in [6, 6.07) is 11.2. The van der Waals surface area contributed by atoms with E-state index in [0.29, 0.717) is 47.5 Å². The predicted molar refractivity (Wildman–Crippen MR) is 138 cm³/mol. The van der Waals surface area contributed by atoms with Gasteiger partial charge in [0, 0.05) is 47.5 Å². The van der Waals surface area contributed by atoms with E-state index in [4.69, 9.17) is 15.2 Å². The van der Waals surface area contributed by atoms with Gasteiger partial charge >= 0.3 is 0 Å². The highest BCUT2D eigenvalue weighted by Crippen LogP contribution is 2.46. The van der Waals surface area contributed by atoms with Gasteiger partial charge in [0.2, 0.25) is 6.79 Å². The first kappa shape index (κ1) is 23.1. The maximum absolute atomic E-state index is 13.2. The van der Waals surface area contributed by atoms with Crippen molar-refractivity contribution in [1.82, 2.24) is 20.2 Å². The molecule has 0 unspecified atom stereocenters. The number of benzene rings is 2. The molecule has 13 heteroatoms. The van der Waals surface area contributed by atoms with Crippen molar-refractivity contribution in [2.45, 2.75) is 13.0 Å². The minimum absolute atomic E-state index is 0.0392. The van der Waals surface area contributed by atoms with E-state index >= 15 is 0 Å². The second kappa shape index (κ2) is 8.96. The average Bonchev–Trinajstić information content (AvgIpc) is 3.65. The number of carbonyl (C=O) groups is 2. The normalized spacial score (nSPS) is 15.1. The zero-order valence-electron chi connectivity index (χ0n) is 19.8. The van der Waals surface area contributed by atoms with E-state index in [-0.39, 0.29) is 23.9 Å². The summed E-state index contributed by atoms with van der Waals surface area (Å²) in [5, 5.41) is 19.2. The van der Waals surface area contributed by atoms with Crippen LogP contribution in [0.25, 0.3) is 33.0 Å². The number of para-hydroxylation sites is 1. The fraction of sp³-hybridized carbons (Fsp3) is 0.160. The molecular formula is C25H21N7O6. The molecule has 0 bridgehead atoms. The molecule has 0 spiro atoms. The molecule has 2 aromatic carbocycles. The Morgan fingerprint density at radius 2 is 1.92 bits per heavy atom. The number of H-pyrrole nitrogens is 1. The van der Waals surface area contributed by atoms with Crippen LogP contribution in [-0.4, -0.2) is 45.7 Å². The lowest BCUT2D eigenvalue weighted by Gasteiger charge is -2.07. The summed E-state index contributed by atoms with van der Waals surface area (Å²) in [4.78, 5) is 40.0. The van der Waals surface area contributed by atoms with E-state index in [1.54, 1.807) is 12.3 Å². The number of fused-ring (bicyclic) bond motifs is 4. The number of hydrazone groups is 1. The number of nitro groups is 1. The van der Waals surface area contributed by atoms with Gasteiger partial charge in [0.1, 0.15) is 5.10 Å². The van der Waals surface area contributed by atoms with Gasteiger partial charge in [-0.05, 0) is 24.6 Å². The Morgan fingerprint density at radius 3 is 2.74 bits per heavy atom. The van der Waals surface area contributed by atoms with Crippen molar-refractivity contribution in [1.29, 1.82) is 0 Å². The second-order valence-corrected chi connectivity index (χ2v) is 8.71. The molecule has 0 aliphatic carbocycles. The van der Waals surface area contributed by atoms with Crippen LogP contribution in [0.5, 0.6) is 11.5 Å². The summed E-state index contributed by atoms with van der Waals surface area (Å²) < 4.78 is 13.3. The number of aromatic amines is 1. The minimum atomic E-state index is -0.871. The Morgan fingerprint density at radius 1 is 1.13 bits per heavy atom. The van der Waals surface area contributed by atoms with E-state index in [0.717, 1.165) is 16.4 Å². The van der Waals surface area contributed by atoms with Gasteiger partial charge in [0.05, 0.1) is 22.0 Å². The van der Waals surface area contributed by atoms with Crippen molar-refractivity contribution in [2.24, 2.45) is 10.8 Å². The Bertz CT molecular complexity index is 1710. The first-order valence-electron chi connectivity index (χ1n) is 11.7. The van der Waals surface area contributed by atoms with E-state index in [1.165, 1.54) is 0 Å². The topological polar surface area (TPSA) is 179 Å². The highest BCUT2D eigenvalue weighted by Gasteiger charge is 2.36. The number of carbonyl (C=O) groups excluding carboxylic acids is 2. The molecule has 2 aliphatic rings. The van der Waals surface area contributed by atoms with Crippen LogP contribution >= 0.6 is 0 Å². The molecule has 2 aliphatic heterocycles. The first-order chi connectivity index (χ1) is 18.4. The molecule has 38 heavy (non-hydrogen) atoms. The van der Waals surface area contributed by atoms with Gasteiger partial charge in [-0.15, -0.1) is 0 Å². The van der Waals surface area contributed by atoms with Gasteiger partial charge in [-0.3, -0.25) is 14.9 Å². The molecule has 0 fully saturated rings. The van der Waals surface area contributed by atoms with Crippen molar-refractivity contribution in [3.63, 3.8) is 0 Å². The molecule has 6 rings (SSSR count). The highest BCUT2D eigenvalue weighted by molar-refractivity contribution is 6.51. The summed E-state index contributed by atoms with van der Waals surface area (Å²) in [5.41, 5.74) is 8.78. The third kappa shape index (κ3) is 3.77. The number of nitrogens with one attached hydrogen (secondary N) is 3. The summed E-state index contributed by atoms with van der Waals surface area (Å²) in [5.74, 6) is -0.233. The number of hydrogen-bond acceptors (Lipinski definition) is 6. The summed E-state index contributed by atoms with van der Waals surface area (Å²) in [7, 11) is 0. The largest absolute Gasteiger partial charge is 0.454 e. The van der Waals surface area contributed by atoms with Crippen molar-refractivity contribution < 1.29 is 24.1 Å². The van der Waals surface area contributed by atoms with Crippen LogP contribution in [0.4, 0.5) is 0 Å². The van der Waals surface area contributed by atoms with Gasteiger partial charge in [-0.1, -0.05) is 18.2 Å². The predicted octanol–water partition coefficient (Wildman–Crippen LogP) is 1.90. The fourth-order valence-corrected chi connectivity index (χ4v) is 4.96. The average molecular weight is 515 g/mol. The number of nitrogens with zero attached hydrogens (tertiary/aromatic N) is 3. The van der Waals surface area contributed by atoms with Gasteiger partial charge in [-0.2, -0.15) is 0 Å². The number of aromatic nitrogens is 2. The van der Waals surface area contributed by atoms with E-state index < -0.39 is 16.8 Å². The molecule has 192 valence electrons. The Labute approximate surface area is 214 Å². The van der Waals surface area contributed by atoms with Gasteiger partial charge in [-0.25, -0.2) is 10.1 Å². The number of ether oxygens (including phenoxy) is 2. The van der Waals surface area contributed by atoms with Crippen LogP contribution in [0.15, 0.2) is 53.9 Å². The van der Waals surface area contributed by atoms with Crippen molar-refractivity contribution in [2.75, 3.05) is 13.3 Å². The summed E-state index contributed by atoms with van der Waals surface area (Å²) >= 11 is 0. The van der Waals surface area contributed by atoms with Gasteiger partial charge < -0.3 is 30.1 Å². The lowest BCUT2D eigenvalue weighted by Crippen LogP contribution is -2.33. The molecule has 0 radical (unpaired) electrons. The van der Waals surface area contributed by atoms with Gasteiger partial charge in [0.15, 0.2) is 16.5 Å². The Hall–Kier alpha value is -5.33. The van der Waals surface area contributed by atoms with Crippen LogP contribution in [0.1, 0.15) is 17.5 Å². The lowest BCUT2D eigenvalue weighted by atomic mass is 9.95. The third-order valence-corrected chi connectivity index (χ3v) is 6.51. The molecule has 2 amide bonds. The van der Waals surface area contributed by atoms with Crippen LogP contribution in [-0.2, 0) is 16.1 Å². The first-order valence-corrected chi connectivity index (χ1v) is 11.7. The number of hydrogen-bond donors (Lipinski definition) is 4. The Kier molecular flexibility index (Phi) is 5.44. The standard InChI is InChI=1S/C25H21N7O6/c26-25(30-32(35)36)27-8-3-9-31-11-15(19-17(31)6-7-18-22(19)38-12-37-18)21-20(23(33)29-24(21)34)14-10-28-16-5-2-1-4-13(14)16/h1-2,4-7,10-11,28H,3,8-9,12H2,(H3,26,27,30)(H,29,33,34). The molecule has 0 saturated heterocycles. The maximum atomic E-state index is 13.2. The zero-order valence-corrected chi connectivity index (χ0v) is 19.8. The quantitative estimate of drug-likeness (QED) is 0.0719. The number of amides is 2. The highest BCUT2D eigenvalue weighted by atomic mass is 16.7. The zero-order chi connectivity index (χ0) is 26.4. The number of imide groups is 1. The molecule has 0 atom stereocenters. The van der Waals surface area contributed by atoms with Crippen LogP contribution < -0.4 is 25.8 Å². The van der Waals surface area contributed by atoms with Crippen LogP contribution in [0.2, 0.25) is 0 Å². The smallest absolute Gasteiger partial charge is 0.266 e. The monoisotopic (exact) mass is 515 g/mol. The Balaban J connectivity index is 1.46. The van der Waals surface area contributed by atoms with E-state index in [1.807, 2.05) is 41.1 Å². The number of nitrogens with two attached hydrogens (primary N) is 1. The molecule has 5 N–H and O–H groups in total. The fourth-order valence-electron chi connectivity index (χ4n) is 4.96. The summed E-state index contributed by atoms with van der Waals surface area (Å²) in [6.07, 6.45) is 4.07. The van der Waals surface area contributed by atoms with Crippen LogP contribution in [0.3, 0.4) is 0 Å². The van der Waals surface area contributed by atoms with Crippen molar-refractivity contribution in [3.05, 3.63) is 70.0 Å². The molecular weight excluding hydrogens is 494 g/mol. The SMILES string of the molecule is NC(=N[N+](=O)[O-])NCCCn1cc(C2=C(c3c[nH]c4ccccc34)C(=O)NC2=O)c2c3c(ccc21)OCO3. The van der Waals surface area contributed by atoms with Crippen LogP contribution in [0, 0.1) is 10.1 Å². The summed E-state index contributed by atoms with van der Waals surface area (Å²) in [6.45, 7) is 0.836. The molecule has 13 nitrogen and oxygen atoms in total. The lowest BCUT2D eigenvalue weighted by molar-refractivity contribution is -0.485. The van der Waals surface area contributed by atoms with Gasteiger partial charge in [0.25, 0.3) is 17.8 Å². The molecule has 2 aromatic heterocycles. The van der Waals surface area contributed by atoms with Crippen molar-refractivity contribution >= 4 is 50.7 Å². The third-order valence-electron chi connectivity index (χ3n) is 6.51. The number of guanidine groups is 1. The maximum Gasteiger partial charge on any atom is 0.266 e. The second-order valence-electron chi connectivity index (χ2n) is 8.71. The van der Waals surface area contributed by atoms with E-state index in [9.17, 15) is 19.7 Å². The van der Waals surface area contributed by atoms with Crippen molar-refractivity contribution in [3.8, 4) is 11.5 Å². The minimum Gasteiger partial charge on any atom is -0.454 e.